The van der Waals surface area contributed by atoms with Crippen LogP contribution in [0.25, 0.3) is 0 Å². The molecule has 1 aliphatic rings. The molecule has 0 atom stereocenters. The minimum atomic E-state index is 0.629. The lowest BCUT2D eigenvalue weighted by Gasteiger charge is -2.22. The number of nitrogens with two attached hydrogens (primary N) is 1. The lowest BCUT2D eigenvalue weighted by Crippen LogP contribution is -2.08. The Morgan fingerprint density at radius 3 is 2.46 bits per heavy atom. The summed E-state index contributed by atoms with van der Waals surface area (Å²) in [6, 6.07) is 0. The Hall–Kier alpha value is -1.12. The molecule has 1 aromatic heterocycles. The average molecular weight is 177 g/mol. The molecule has 2 rings (SSSR count). The van der Waals surface area contributed by atoms with E-state index in [1.165, 1.54) is 37.7 Å². The van der Waals surface area contributed by atoms with Crippen molar-refractivity contribution in [2.75, 3.05) is 5.73 Å². The first kappa shape index (κ1) is 8.48. The molecule has 1 fully saturated rings. The number of rotatable bonds is 1. The van der Waals surface area contributed by atoms with Crippen LogP contribution in [0.2, 0.25) is 0 Å². The zero-order chi connectivity index (χ0) is 9.10. The van der Waals surface area contributed by atoms with Gasteiger partial charge in [0.15, 0.2) is 0 Å². The van der Waals surface area contributed by atoms with Gasteiger partial charge in [-0.3, -0.25) is 0 Å². The summed E-state index contributed by atoms with van der Waals surface area (Å²) in [6.07, 6.45) is 10.0. The molecule has 2 N–H and O–H groups in total. The predicted molar refractivity (Wildman–Crippen MR) is 52.3 cm³/mol. The molecule has 1 aromatic rings. The SMILES string of the molecule is Nc1cnncc1C1CCCCC1. The van der Waals surface area contributed by atoms with Crippen LogP contribution in [-0.4, -0.2) is 10.2 Å². The van der Waals surface area contributed by atoms with Crippen LogP contribution < -0.4 is 5.73 Å². The Morgan fingerprint density at radius 2 is 1.77 bits per heavy atom. The zero-order valence-electron chi connectivity index (χ0n) is 7.74. The van der Waals surface area contributed by atoms with E-state index in [0.29, 0.717) is 5.92 Å². The molecular formula is C10H15N3. The van der Waals surface area contributed by atoms with E-state index in [1.54, 1.807) is 6.20 Å². The topological polar surface area (TPSA) is 51.8 Å². The number of anilines is 1. The fraction of sp³-hybridized carbons (Fsp3) is 0.600. The molecule has 0 saturated heterocycles. The first-order valence-corrected chi connectivity index (χ1v) is 4.94. The van der Waals surface area contributed by atoms with E-state index in [2.05, 4.69) is 10.2 Å². The molecule has 0 aromatic carbocycles. The molecule has 13 heavy (non-hydrogen) atoms. The molecule has 70 valence electrons. The first-order chi connectivity index (χ1) is 6.38. The zero-order valence-corrected chi connectivity index (χ0v) is 7.74. The van der Waals surface area contributed by atoms with Crippen LogP contribution in [0.5, 0.6) is 0 Å². The van der Waals surface area contributed by atoms with Gasteiger partial charge in [-0.15, -0.1) is 0 Å². The molecule has 0 bridgehead atoms. The van der Waals surface area contributed by atoms with Gasteiger partial charge in [-0.1, -0.05) is 19.3 Å². The summed E-state index contributed by atoms with van der Waals surface area (Å²) in [7, 11) is 0. The maximum absolute atomic E-state index is 5.85. The third kappa shape index (κ3) is 1.79. The van der Waals surface area contributed by atoms with Crippen molar-refractivity contribution >= 4 is 5.69 Å². The second-order valence-electron chi connectivity index (χ2n) is 3.73. The van der Waals surface area contributed by atoms with Crippen molar-refractivity contribution in [3.8, 4) is 0 Å². The number of hydrogen-bond acceptors (Lipinski definition) is 3. The molecule has 0 amide bonds. The maximum atomic E-state index is 5.85. The minimum Gasteiger partial charge on any atom is -0.397 e. The summed E-state index contributed by atoms with van der Waals surface area (Å²) in [6.45, 7) is 0. The van der Waals surface area contributed by atoms with E-state index in [4.69, 9.17) is 5.73 Å². The standard InChI is InChI=1S/C10H15N3/c11-10-7-13-12-6-9(10)8-4-2-1-3-5-8/h6-8H,1-5H2,(H2,11,12). The highest BCUT2D eigenvalue weighted by atomic mass is 15.1. The molecule has 0 spiro atoms. The molecule has 3 heteroatoms. The Balaban J connectivity index is 2.18. The predicted octanol–water partition coefficient (Wildman–Crippen LogP) is 2.11. The monoisotopic (exact) mass is 177 g/mol. The van der Waals surface area contributed by atoms with Gasteiger partial charge in [0, 0.05) is 0 Å². The molecule has 1 heterocycles. The van der Waals surface area contributed by atoms with Gasteiger partial charge in [-0.2, -0.15) is 10.2 Å². The van der Waals surface area contributed by atoms with Crippen LogP contribution in [0, 0.1) is 0 Å². The number of nitrogen functional groups attached to an aromatic ring is 1. The van der Waals surface area contributed by atoms with Crippen molar-refractivity contribution in [3.05, 3.63) is 18.0 Å². The van der Waals surface area contributed by atoms with Crippen molar-refractivity contribution in [1.82, 2.24) is 10.2 Å². The Bertz CT molecular complexity index is 279. The van der Waals surface area contributed by atoms with Crippen LogP contribution >= 0.6 is 0 Å². The molecule has 1 aliphatic carbocycles. The van der Waals surface area contributed by atoms with Crippen LogP contribution in [0.4, 0.5) is 5.69 Å². The number of aromatic nitrogens is 2. The van der Waals surface area contributed by atoms with Gasteiger partial charge in [-0.25, -0.2) is 0 Å². The van der Waals surface area contributed by atoms with Gasteiger partial charge >= 0.3 is 0 Å². The smallest absolute Gasteiger partial charge is 0.0728 e. The average Bonchev–Trinajstić information content (AvgIpc) is 2.20. The molecule has 0 radical (unpaired) electrons. The summed E-state index contributed by atoms with van der Waals surface area (Å²) in [4.78, 5) is 0. The second kappa shape index (κ2) is 3.73. The Labute approximate surface area is 78.4 Å². The van der Waals surface area contributed by atoms with E-state index in [-0.39, 0.29) is 0 Å². The summed E-state index contributed by atoms with van der Waals surface area (Å²) in [5.41, 5.74) is 7.86. The number of nitrogens with zero attached hydrogens (tertiary/aromatic N) is 2. The van der Waals surface area contributed by atoms with E-state index >= 15 is 0 Å². The molecule has 3 nitrogen and oxygen atoms in total. The van der Waals surface area contributed by atoms with Gasteiger partial charge in [0.05, 0.1) is 18.1 Å². The lowest BCUT2D eigenvalue weighted by atomic mass is 9.84. The van der Waals surface area contributed by atoms with Crippen LogP contribution in [0.3, 0.4) is 0 Å². The molecular weight excluding hydrogens is 162 g/mol. The summed E-state index contributed by atoms with van der Waals surface area (Å²) in [5.74, 6) is 0.629. The molecule has 0 unspecified atom stereocenters. The first-order valence-electron chi connectivity index (χ1n) is 4.94. The minimum absolute atomic E-state index is 0.629. The third-order valence-electron chi connectivity index (χ3n) is 2.84. The van der Waals surface area contributed by atoms with Gasteiger partial charge in [0.25, 0.3) is 0 Å². The summed E-state index contributed by atoms with van der Waals surface area (Å²) in [5, 5.41) is 7.66. The summed E-state index contributed by atoms with van der Waals surface area (Å²) >= 11 is 0. The van der Waals surface area contributed by atoms with Gasteiger partial charge in [0.1, 0.15) is 0 Å². The van der Waals surface area contributed by atoms with Crippen molar-refractivity contribution in [3.63, 3.8) is 0 Å². The van der Waals surface area contributed by atoms with Crippen molar-refractivity contribution in [2.45, 2.75) is 38.0 Å². The normalized spacial score (nSPS) is 18.8. The van der Waals surface area contributed by atoms with E-state index in [1.807, 2.05) is 6.20 Å². The molecule has 1 saturated carbocycles. The van der Waals surface area contributed by atoms with Gasteiger partial charge in [0.2, 0.25) is 0 Å². The molecule has 0 aliphatic heterocycles. The van der Waals surface area contributed by atoms with Crippen LogP contribution in [0.1, 0.15) is 43.6 Å². The van der Waals surface area contributed by atoms with Gasteiger partial charge < -0.3 is 5.73 Å². The second-order valence-corrected chi connectivity index (χ2v) is 3.73. The van der Waals surface area contributed by atoms with Crippen molar-refractivity contribution < 1.29 is 0 Å². The Kier molecular flexibility index (Phi) is 2.43. The Morgan fingerprint density at radius 1 is 1.08 bits per heavy atom. The van der Waals surface area contributed by atoms with Crippen molar-refractivity contribution in [1.29, 1.82) is 0 Å². The lowest BCUT2D eigenvalue weighted by molar-refractivity contribution is 0.443. The highest BCUT2D eigenvalue weighted by molar-refractivity contribution is 5.44. The third-order valence-corrected chi connectivity index (χ3v) is 2.84. The fourth-order valence-corrected chi connectivity index (χ4v) is 2.09. The van der Waals surface area contributed by atoms with E-state index in [0.717, 1.165) is 5.69 Å². The summed E-state index contributed by atoms with van der Waals surface area (Å²) < 4.78 is 0. The van der Waals surface area contributed by atoms with Crippen LogP contribution in [-0.2, 0) is 0 Å². The number of hydrogen-bond donors (Lipinski definition) is 1. The van der Waals surface area contributed by atoms with E-state index in [9.17, 15) is 0 Å². The fourth-order valence-electron chi connectivity index (χ4n) is 2.09. The highest BCUT2D eigenvalue weighted by Gasteiger charge is 2.17. The van der Waals surface area contributed by atoms with Gasteiger partial charge in [-0.05, 0) is 24.3 Å². The van der Waals surface area contributed by atoms with E-state index < -0.39 is 0 Å². The highest BCUT2D eigenvalue weighted by Crippen LogP contribution is 2.34. The maximum Gasteiger partial charge on any atom is 0.0728 e. The largest absolute Gasteiger partial charge is 0.397 e. The van der Waals surface area contributed by atoms with Crippen molar-refractivity contribution in [2.24, 2.45) is 0 Å². The quantitative estimate of drug-likeness (QED) is 0.714. The van der Waals surface area contributed by atoms with Crippen LogP contribution in [0.15, 0.2) is 12.4 Å².